The molecular formula is C18H20F2N2O. The summed E-state index contributed by atoms with van der Waals surface area (Å²) >= 11 is 0. The number of nitrogens with one attached hydrogen (secondary N) is 1. The number of aromatic nitrogens is 1. The average Bonchev–Trinajstić information content (AvgIpc) is 2.46. The summed E-state index contributed by atoms with van der Waals surface area (Å²) in [4.78, 5) is 15.3. The van der Waals surface area contributed by atoms with Gasteiger partial charge >= 0.3 is 0 Å². The molecule has 0 spiro atoms. The zero-order valence-corrected chi connectivity index (χ0v) is 13.4. The van der Waals surface area contributed by atoms with E-state index in [0.29, 0.717) is 11.6 Å². The fourth-order valence-electron chi connectivity index (χ4n) is 2.65. The molecule has 1 atom stereocenters. The van der Waals surface area contributed by atoms with E-state index in [-0.39, 0.29) is 11.5 Å². The van der Waals surface area contributed by atoms with Crippen LogP contribution in [-0.2, 0) is 0 Å². The zero-order chi connectivity index (χ0) is 17.0. The van der Waals surface area contributed by atoms with Crippen LogP contribution in [0.1, 0.15) is 49.0 Å². The Balaban J connectivity index is 2.24. The van der Waals surface area contributed by atoms with Gasteiger partial charge in [-0.05, 0) is 42.0 Å². The van der Waals surface area contributed by atoms with Crippen LogP contribution in [0.5, 0.6) is 0 Å². The Morgan fingerprint density at radius 3 is 2.48 bits per heavy atom. The minimum Gasteiger partial charge on any atom is -0.322 e. The molecule has 0 radical (unpaired) electrons. The molecule has 2 aromatic rings. The number of carbonyl (C=O) groups is 1. The second kappa shape index (κ2) is 7.31. The van der Waals surface area contributed by atoms with E-state index in [1.807, 2.05) is 12.1 Å². The third-order valence-electron chi connectivity index (χ3n) is 3.62. The van der Waals surface area contributed by atoms with E-state index in [0.717, 1.165) is 24.1 Å². The topological polar surface area (TPSA) is 42.0 Å². The first kappa shape index (κ1) is 17.1. The molecule has 1 unspecified atom stereocenters. The highest BCUT2D eigenvalue weighted by Gasteiger charge is 2.17. The van der Waals surface area contributed by atoms with Gasteiger partial charge in [0, 0.05) is 5.69 Å². The van der Waals surface area contributed by atoms with Gasteiger partial charge < -0.3 is 5.32 Å². The number of benzene rings is 1. The molecule has 0 fully saturated rings. The van der Waals surface area contributed by atoms with Crippen LogP contribution >= 0.6 is 0 Å². The quantitative estimate of drug-likeness (QED) is 0.807. The van der Waals surface area contributed by atoms with Gasteiger partial charge in [0.05, 0.1) is 5.56 Å². The number of halogens is 2. The lowest BCUT2D eigenvalue weighted by Crippen LogP contribution is -2.16. The second-order valence-corrected chi connectivity index (χ2v) is 6.04. The van der Waals surface area contributed by atoms with E-state index in [2.05, 4.69) is 31.1 Å². The van der Waals surface area contributed by atoms with Crippen molar-refractivity contribution in [1.29, 1.82) is 0 Å². The Hall–Kier alpha value is -2.30. The highest BCUT2D eigenvalue weighted by molar-refractivity contribution is 6.04. The molecule has 1 N–H and O–H groups in total. The molecule has 0 saturated heterocycles. The van der Waals surface area contributed by atoms with Gasteiger partial charge in [0.25, 0.3) is 5.91 Å². The zero-order valence-electron chi connectivity index (χ0n) is 13.4. The van der Waals surface area contributed by atoms with Gasteiger partial charge in [0.1, 0.15) is 0 Å². The Morgan fingerprint density at radius 1 is 1.13 bits per heavy atom. The van der Waals surface area contributed by atoms with Crippen LogP contribution in [0.3, 0.4) is 0 Å². The maximum Gasteiger partial charge on any atom is 0.260 e. The fourth-order valence-corrected chi connectivity index (χ4v) is 2.65. The number of carbonyl (C=O) groups excluding carboxylic acids is 1. The monoisotopic (exact) mass is 318 g/mol. The molecule has 1 heterocycles. The van der Waals surface area contributed by atoms with Gasteiger partial charge in [0.15, 0.2) is 0 Å². The summed E-state index contributed by atoms with van der Waals surface area (Å²) in [6.45, 7) is 6.36. The second-order valence-electron chi connectivity index (χ2n) is 6.04. The number of nitrogens with zero attached hydrogens (tertiary/aromatic N) is 1. The third kappa shape index (κ3) is 4.34. The van der Waals surface area contributed by atoms with E-state index < -0.39 is 17.8 Å². The summed E-state index contributed by atoms with van der Waals surface area (Å²) in [5.74, 6) is -1.94. The Kier molecular flexibility index (Phi) is 5.42. The Labute approximate surface area is 134 Å². The SMILES string of the molecule is CC(C)CC(C)c1ccccc1NC(=O)c1ccc(F)nc1F. The smallest absolute Gasteiger partial charge is 0.260 e. The van der Waals surface area contributed by atoms with Gasteiger partial charge in [0.2, 0.25) is 11.9 Å². The maximum absolute atomic E-state index is 13.6. The number of amides is 1. The standard InChI is InChI=1S/C18H20F2N2O/c1-11(2)10-12(3)13-6-4-5-7-15(13)21-18(23)14-8-9-16(19)22-17(14)20/h4-9,11-12H,10H2,1-3H3,(H,21,23). The largest absolute Gasteiger partial charge is 0.322 e. The number of hydrogen-bond acceptors (Lipinski definition) is 2. The Morgan fingerprint density at radius 2 is 1.83 bits per heavy atom. The molecule has 2 rings (SSSR count). The predicted octanol–water partition coefficient (Wildman–Crippen LogP) is 4.76. The van der Waals surface area contributed by atoms with Crippen LogP contribution in [0.25, 0.3) is 0 Å². The molecule has 5 heteroatoms. The first-order valence-electron chi connectivity index (χ1n) is 7.60. The van der Waals surface area contributed by atoms with Crippen molar-refractivity contribution in [3.63, 3.8) is 0 Å². The molecule has 1 aromatic carbocycles. The van der Waals surface area contributed by atoms with Crippen LogP contribution in [0.4, 0.5) is 14.5 Å². The molecule has 0 aliphatic heterocycles. The van der Waals surface area contributed by atoms with E-state index in [1.165, 1.54) is 0 Å². The predicted molar refractivity (Wildman–Crippen MR) is 86.4 cm³/mol. The molecule has 0 aliphatic carbocycles. The molecule has 3 nitrogen and oxygen atoms in total. The van der Waals surface area contributed by atoms with Crippen LogP contribution < -0.4 is 5.32 Å². The normalized spacial score (nSPS) is 12.3. The highest BCUT2D eigenvalue weighted by Crippen LogP contribution is 2.29. The van der Waals surface area contributed by atoms with Gasteiger partial charge in [-0.25, -0.2) is 0 Å². The fraction of sp³-hybridized carbons (Fsp3) is 0.333. The lowest BCUT2D eigenvalue weighted by atomic mass is 9.91. The minimum absolute atomic E-state index is 0.252. The first-order chi connectivity index (χ1) is 10.9. The van der Waals surface area contributed by atoms with Crippen molar-refractivity contribution in [2.24, 2.45) is 5.92 Å². The summed E-state index contributed by atoms with van der Waals surface area (Å²) in [5.41, 5.74) is 1.34. The minimum atomic E-state index is -1.12. The number of para-hydroxylation sites is 1. The molecular weight excluding hydrogens is 298 g/mol. The van der Waals surface area contributed by atoms with Crippen molar-refractivity contribution in [1.82, 2.24) is 4.98 Å². The highest BCUT2D eigenvalue weighted by atomic mass is 19.1. The summed E-state index contributed by atoms with van der Waals surface area (Å²) in [5, 5.41) is 2.70. The number of hydrogen-bond donors (Lipinski definition) is 1. The Bertz CT molecular complexity index is 701. The summed E-state index contributed by atoms with van der Waals surface area (Å²) in [7, 11) is 0. The lowest BCUT2D eigenvalue weighted by molar-refractivity contribution is 0.102. The molecule has 0 bridgehead atoms. The van der Waals surface area contributed by atoms with Crippen LogP contribution in [0, 0.1) is 17.8 Å². The molecule has 1 aromatic heterocycles. The molecule has 0 saturated carbocycles. The van der Waals surface area contributed by atoms with E-state index >= 15 is 0 Å². The third-order valence-corrected chi connectivity index (χ3v) is 3.62. The first-order valence-corrected chi connectivity index (χ1v) is 7.60. The summed E-state index contributed by atoms with van der Waals surface area (Å²) in [6.07, 6.45) is 0.972. The summed E-state index contributed by atoms with van der Waals surface area (Å²) in [6, 6.07) is 9.49. The number of anilines is 1. The molecule has 0 aliphatic rings. The number of pyridine rings is 1. The van der Waals surface area contributed by atoms with Crippen LogP contribution in [-0.4, -0.2) is 10.9 Å². The average molecular weight is 318 g/mol. The lowest BCUT2D eigenvalue weighted by Gasteiger charge is -2.18. The van der Waals surface area contributed by atoms with Crippen molar-refractivity contribution < 1.29 is 13.6 Å². The van der Waals surface area contributed by atoms with E-state index in [1.54, 1.807) is 12.1 Å². The maximum atomic E-state index is 13.6. The van der Waals surface area contributed by atoms with Gasteiger partial charge in [-0.2, -0.15) is 13.8 Å². The van der Waals surface area contributed by atoms with Crippen molar-refractivity contribution in [3.8, 4) is 0 Å². The van der Waals surface area contributed by atoms with Gasteiger partial charge in [-0.1, -0.05) is 39.0 Å². The van der Waals surface area contributed by atoms with Crippen molar-refractivity contribution >= 4 is 11.6 Å². The molecule has 23 heavy (non-hydrogen) atoms. The van der Waals surface area contributed by atoms with Gasteiger partial charge in [-0.3, -0.25) is 4.79 Å². The van der Waals surface area contributed by atoms with E-state index in [4.69, 9.17) is 0 Å². The van der Waals surface area contributed by atoms with Crippen molar-refractivity contribution in [3.05, 3.63) is 59.4 Å². The van der Waals surface area contributed by atoms with Crippen molar-refractivity contribution in [2.45, 2.75) is 33.1 Å². The van der Waals surface area contributed by atoms with Crippen molar-refractivity contribution in [2.75, 3.05) is 5.32 Å². The summed E-state index contributed by atoms with van der Waals surface area (Å²) < 4.78 is 26.5. The molecule has 122 valence electrons. The van der Waals surface area contributed by atoms with Crippen LogP contribution in [0.15, 0.2) is 36.4 Å². The van der Waals surface area contributed by atoms with Crippen LogP contribution in [0.2, 0.25) is 0 Å². The number of rotatable bonds is 5. The van der Waals surface area contributed by atoms with E-state index in [9.17, 15) is 13.6 Å². The van der Waals surface area contributed by atoms with Gasteiger partial charge in [-0.15, -0.1) is 0 Å². The molecule has 1 amide bonds.